The second-order valence-electron chi connectivity index (χ2n) is 13.1. The van der Waals surface area contributed by atoms with Gasteiger partial charge in [-0.2, -0.15) is 0 Å². The highest BCUT2D eigenvalue weighted by Crippen LogP contribution is 2.36. The lowest BCUT2D eigenvalue weighted by molar-refractivity contribution is -0.161. The quantitative estimate of drug-likeness (QED) is 0.0137. The fourth-order valence-electron chi connectivity index (χ4n) is 4.69. The Labute approximate surface area is 341 Å². The van der Waals surface area contributed by atoms with E-state index in [1.165, 1.54) is 25.3 Å². The molecule has 0 aliphatic carbocycles. The highest BCUT2D eigenvalue weighted by Gasteiger charge is 2.23. The first-order valence-corrected chi connectivity index (χ1v) is 21.7. The maximum atomic E-state index is 12.4. The first-order chi connectivity index (χ1) is 27.5. The molecule has 0 aromatic rings. The van der Waals surface area contributed by atoms with Crippen LogP contribution in [-0.2, 0) is 28.2 Å². The Balaban J connectivity index is 4.43. The van der Waals surface area contributed by atoms with Crippen LogP contribution in [0, 0.1) is 0 Å². The van der Waals surface area contributed by atoms with Crippen molar-refractivity contribution in [3.63, 3.8) is 0 Å². The lowest BCUT2D eigenvalue weighted by Gasteiger charge is -2.19. The van der Waals surface area contributed by atoms with Gasteiger partial charge >= 0.3 is 19.8 Å². The van der Waals surface area contributed by atoms with Gasteiger partial charge in [0.25, 0.3) is 0 Å². The molecule has 0 heterocycles. The van der Waals surface area contributed by atoms with E-state index in [1.807, 2.05) is 37.3 Å². The van der Waals surface area contributed by atoms with Crippen molar-refractivity contribution in [1.29, 1.82) is 0 Å². The normalized spacial score (nSPS) is 15.4. The van der Waals surface area contributed by atoms with E-state index in [0.29, 0.717) is 12.8 Å². The number of unbranched alkanes of at least 4 members (excludes halogenated alkanes) is 3. The van der Waals surface area contributed by atoms with Crippen molar-refractivity contribution in [2.75, 3.05) is 13.2 Å². The van der Waals surface area contributed by atoms with Crippen molar-refractivity contribution in [2.45, 2.75) is 135 Å². The Morgan fingerprint density at radius 1 is 0.614 bits per heavy atom. The summed E-state index contributed by atoms with van der Waals surface area (Å²) in [7, 11) is -4.88. The van der Waals surface area contributed by atoms with E-state index in [0.717, 1.165) is 38.5 Å². The minimum atomic E-state index is -4.88. The van der Waals surface area contributed by atoms with Gasteiger partial charge in [-0.1, -0.05) is 148 Å². The molecule has 0 unspecified atom stereocenters. The number of hydrogen-bond donors (Lipinski definition) is 5. The van der Waals surface area contributed by atoms with Crippen LogP contribution in [0.4, 0.5) is 0 Å². The fraction of sp³-hybridized carbons (Fsp3) is 0.511. The fourth-order valence-corrected chi connectivity index (χ4v) is 5.06. The average molecular weight is 817 g/mol. The third-order valence-electron chi connectivity index (χ3n) is 7.82. The number of esters is 2. The van der Waals surface area contributed by atoms with Crippen molar-refractivity contribution in [1.82, 2.24) is 0 Å². The minimum Gasteiger partial charge on any atom is -0.462 e. The predicted octanol–water partition coefficient (Wildman–Crippen LogP) is 9.09. The Hall–Kier alpha value is -3.67. The highest BCUT2D eigenvalue weighted by atomic mass is 31.2. The van der Waals surface area contributed by atoms with Crippen LogP contribution in [-0.4, -0.2) is 74.7 Å². The van der Waals surface area contributed by atoms with E-state index >= 15 is 0 Å². The number of rotatable bonds is 34. The number of aliphatic hydroxyl groups excluding tert-OH is 3. The van der Waals surface area contributed by atoms with Crippen molar-refractivity contribution in [2.24, 2.45) is 0 Å². The summed E-state index contributed by atoms with van der Waals surface area (Å²) in [4.78, 5) is 42.8. The monoisotopic (exact) mass is 816 g/mol. The molecular formula is C45H69O11P. The number of carbonyl (C=O) groups is 2. The highest BCUT2D eigenvalue weighted by molar-refractivity contribution is 7.46. The van der Waals surface area contributed by atoms with Gasteiger partial charge in [0.05, 0.1) is 24.9 Å². The number of hydrogen-bond acceptors (Lipinski definition) is 9. The molecule has 0 fully saturated rings. The second-order valence-corrected chi connectivity index (χ2v) is 14.3. The average Bonchev–Trinajstić information content (AvgIpc) is 3.17. The van der Waals surface area contributed by atoms with E-state index < -0.39 is 57.4 Å². The lowest BCUT2D eigenvalue weighted by Crippen LogP contribution is -2.29. The summed E-state index contributed by atoms with van der Waals surface area (Å²) >= 11 is 0. The molecule has 0 saturated heterocycles. The zero-order valence-electron chi connectivity index (χ0n) is 34.0. The van der Waals surface area contributed by atoms with E-state index in [-0.39, 0.29) is 25.7 Å². The van der Waals surface area contributed by atoms with Crippen molar-refractivity contribution in [3.05, 3.63) is 122 Å². The number of carbonyl (C=O) groups excluding carboxylic acids is 2. The molecule has 57 heavy (non-hydrogen) atoms. The molecule has 0 aromatic carbocycles. The Kier molecular flexibility index (Phi) is 35.4. The lowest BCUT2D eigenvalue weighted by atomic mass is 10.1. The topological polar surface area (TPSA) is 180 Å². The molecule has 0 spiro atoms. The molecule has 5 N–H and O–H groups in total. The number of allylic oxidation sites excluding steroid dienone is 17. The summed E-state index contributed by atoms with van der Waals surface area (Å²) in [5.41, 5.74) is 0. The number of phosphoric ester groups is 1. The van der Waals surface area contributed by atoms with Gasteiger partial charge in [-0.3, -0.25) is 14.1 Å². The Morgan fingerprint density at radius 3 is 1.75 bits per heavy atom. The van der Waals surface area contributed by atoms with Gasteiger partial charge in [0, 0.05) is 12.8 Å². The van der Waals surface area contributed by atoms with E-state index in [1.54, 1.807) is 42.5 Å². The van der Waals surface area contributed by atoms with Crippen LogP contribution in [0.3, 0.4) is 0 Å². The standard InChI is InChI=1S/C45H69O11P/c1-3-5-7-8-9-10-11-12-13-14-15-16-17-18-19-20-21-26-30-36-44(49)54-38-41(39-55-57(51,52)53)56-45(50)37-31-35-43(48)42(47)34-29-25-23-22-24-28-33-40(46)32-27-6-4-2/h6,9-10,12-13,15-16,18-19,21-29,33-34,40-43,46-48H,3-5,7-8,11,14,17,20,30-32,35-39H2,1-2H3,(H2,51,52,53)/b10-9-,13-12-,16-15-,19-18-,24-22+,25-23-,26-21-,27-6-,33-28+,34-29-/t40-,41+,42+,43+/m0/s1. The molecule has 0 amide bonds. The first-order valence-electron chi connectivity index (χ1n) is 20.2. The van der Waals surface area contributed by atoms with Gasteiger partial charge in [-0.25, -0.2) is 4.57 Å². The van der Waals surface area contributed by atoms with Crippen LogP contribution in [0.25, 0.3) is 0 Å². The van der Waals surface area contributed by atoms with Crippen molar-refractivity contribution < 1.29 is 53.3 Å². The molecule has 320 valence electrons. The van der Waals surface area contributed by atoms with Crippen LogP contribution in [0.5, 0.6) is 0 Å². The van der Waals surface area contributed by atoms with Crippen LogP contribution in [0.1, 0.15) is 110 Å². The molecule has 0 bridgehead atoms. The first kappa shape index (κ1) is 53.3. The maximum absolute atomic E-state index is 12.4. The SMILES string of the molecule is CC/C=C\C[C@H](O)/C=C/C=C/C=C\C=C/[C@@H](O)[C@H](O)CCCC(=O)O[C@H](COC(=O)CC/C=C\C/C=C\C/C=C\C/C=C\C/C=C\CCCCC)COP(=O)(O)O. The third-order valence-corrected chi connectivity index (χ3v) is 8.31. The predicted molar refractivity (Wildman–Crippen MR) is 229 cm³/mol. The van der Waals surface area contributed by atoms with Gasteiger partial charge in [0.15, 0.2) is 6.10 Å². The van der Waals surface area contributed by atoms with Crippen LogP contribution in [0.2, 0.25) is 0 Å². The van der Waals surface area contributed by atoms with Crippen LogP contribution < -0.4 is 0 Å². The maximum Gasteiger partial charge on any atom is 0.469 e. The minimum absolute atomic E-state index is 0.0616. The summed E-state index contributed by atoms with van der Waals surface area (Å²) in [5, 5.41) is 30.3. The Morgan fingerprint density at radius 2 is 1.18 bits per heavy atom. The third kappa shape index (κ3) is 39.0. The van der Waals surface area contributed by atoms with Gasteiger partial charge in [-0.05, 0) is 70.6 Å². The molecule has 0 saturated carbocycles. The second kappa shape index (κ2) is 37.9. The van der Waals surface area contributed by atoms with Gasteiger partial charge in [0.2, 0.25) is 0 Å². The zero-order chi connectivity index (χ0) is 42.2. The van der Waals surface area contributed by atoms with E-state index in [4.69, 9.17) is 19.3 Å². The summed E-state index contributed by atoms with van der Waals surface area (Å²) in [6.07, 6.45) is 44.5. The largest absolute Gasteiger partial charge is 0.469 e. The van der Waals surface area contributed by atoms with E-state index in [2.05, 4.69) is 54.0 Å². The summed E-state index contributed by atoms with van der Waals surface area (Å²) in [5.74, 6) is -1.33. The molecule has 4 atom stereocenters. The molecule has 0 aromatic heterocycles. The summed E-state index contributed by atoms with van der Waals surface area (Å²) in [6.45, 7) is 3.09. The number of phosphoric acid groups is 1. The smallest absolute Gasteiger partial charge is 0.462 e. The van der Waals surface area contributed by atoms with Gasteiger partial charge in [-0.15, -0.1) is 0 Å². The van der Waals surface area contributed by atoms with Crippen molar-refractivity contribution >= 4 is 19.8 Å². The molecule has 11 nitrogen and oxygen atoms in total. The summed E-state index contributed by atoms with van der Waals surface area (Å²) in [6, 6.07) is 0. The van der Waals surface area contributed by atoms with Crippen LogP contribution >= 0.6 is 7.82 Å². The van der Waals surface area contributed by atoms with Gasteiger partial charge in [0.1, 0.15) is 6.61 Å². The van der Waals surface area contributed by atoms with Crippen molar-refractivity contribution in [3.8, 4) is 0 Å². The zero-order valence-corrected chi connectivity index (χ0v) is 34.9. The number of ether oxygens (including phenoxy) is 2. The molecular weight excluding hydrogens is 747 g/mol. The van der Waals surface area contributed by atoms with Gasteiger partial charge < -0.3 is 34.6 Å². The molecule has 0 aliphatic heterocycles. The molecule has 12 heteroatoms. The van der Waals surface area contributed by atoms with Crippen LogP contribution in [0.15, 0.2) is 122 Å². The molecule has 0 radical (unpaired) electrons. The van der Waals surface area contributed by atoms with E-state index in [9.17, 15) is 29.5 Å². The molecule has 0 rings (SSSR count). The Bertz CT molecular complexity index is 1380. The number of aliphatic hydroxyl groups is 3. The molecule has 0 aliphatic rings. The summed E-state index contributed by atoms with van der Waals surface area (Å²) < 4.78 is 26.1.